The topological polar surface area (TPSA) is 22.1 Å². The summed E-state index contributed by atoms with van der Waals surface area (Å²) in [6.07, 6.45) is 3.50. The van der Waals surface area contributed by atoms with Gasteiger partial charge in [-0.05, 0) is 53.8 Å². The quantitative estimate of drug-likeness (QED) is 0.259. The zero-order chi connectivity index (χ0) is 22.1. The van der Waals surface area contributed by atoms with E-state index < -0.39 is 6.18 Å². The van der Waals surface area contributed by atoms with E-state index in [2.05, 4.69) is 24.0 Å². The van der Waals surface area contributed by atoms with Crippen molar-refractivity contribution in [2.45, 2.75) is 38.8 Å². The third kappa shape index (κ3) is 7.28. The minimum atomic E-state index is -4.31. The van der Waals surface area contributed by atoms with Crippen molar-refractivity contribution in [2.24, 2.45) is 0 Å². The first kappa shape index (κ1) is 22.6. The van der Waals surface area contributed by atoms with Gasteiger partial charge in [-0.2, -0.15) is 13.2 Å². The van der Waals surface area contributed by atoms with Crippen LogP contribution in [0, 0.1) is 0 Å². The van der Waals surface area contributed by atoms with Gasteiger partial charge < -0.3 is 4.74 Å². The lowest BCUT2D eigenvalue weighted by atomic mass is 10.0. The van der Waals surface area contributed by atoms with Gasteiger partial charge in [-0.15, -0.1) is 0 Å². The Balaban J connectivity index is 1.59. The molecule has 1 aromatic heterocycles. The monoisotopic (exact) mass is 425 g/mol. The highest BCUT2D eigenvalue weighted by Gasteiger charge is 2.21. The SMILES string of the molecule is CCCCCc1ccc(-c2ccc(-c3ccc(OC/C=C/C(F)(F)F)cc3)cc2)nc1. The number of rotatable bonds is 9. The highest BCUT2D eigenvalue weighted by molar-refractivity contribution is 5.69. The number of unbranched alkanes of at least 4 members (excludes halogenated alkanes) is 2. The van der Waals surface area contributed by atoms with Crippen LogP contribution in [0.1, 0.15) is 31.7 Å². The molecule has 0 amide bonds. The number of hydrogen-bond acceptors (Lipinski definition) is 2. The van der Waals surface area contributed by atoms with Crippen LogP contribution in [0.4, 0.5) is 13.2 Å². The molecule has 3 rings (SSSR count). The maximum Gasteiger partial charge on any atom is 0.409 e. The van der Waals surface area contributed by atoms with E-state index in [0.29, 0.717) is 5.75 Å². The van der Waals surface area contributed by atoms with Gasteiger partial charge >= 0.3 is 6.18 Å². The summed E-state index contributed by atoms with van der Waals surface area (Å²) in [4.78, 5) is 4.60. The first-order valence-corrected chi connectivity index (χ1v) is 10.5. The molecule has 0 aliphatic heterocycles. The molecule has 0 bridgehead atoms. The summed E-state index contributed by atoms with van der Waals surface area (Å²) in [7, 11) is 0. The van der Waals surface area contributed by atoms with Crippen LogP contribution in [0.15, 0.2) is 79.0 Å². The smallest absolute Gasteiger partial charge is 0.409 e. The summed E-state index contributed by atoms with van der Waals surface area (Å²) in [6, 6.07) is 19.7. The highest BCUT2D eigenvalue weighted by Crippen LogP contribution is 2.26. The van der Waals surface area contributed by atoms with Crippen molar-refractivity contribution in [3.8, 4) is 28.1 Å². The fourth-order valence-electron chi connectivity index (χ4n) is 3.23. The summed E-state index contributed by atoms with van der Waals surface area (Å²) >= 11 is 0. The number of aryl methyl sites for hydroxylation is 1. The molecule has 162 valence electrons. The first-order chi connectivity index (χ1) is 14.9. The Morgan fingerprint density at radius 2 is 1.48 bits per heavy atom. The van der Waals surface area contributed by atoms with E-state index in [1.807, 2.05) is 42.6 Å². The van der Waals surface area contributed by atoms with Gasteiger partial charge in [-0.25, -0.2) is 0 Å². The molecule has 0 spiro atoms. The van der Waals surface area contributed by atoms with Crippen molar-refractivity contribution in [1.82, 2.24) is 4.98 Å². The molecular formula is C26H26F3NO. The fraction of sp³-hybridized carbons (Fsp3) is 0.269. The molecule has 2 aromatic carbocycles. The molecule has 1 heterocycles. The number of ether oxygens (including phenoxy) is 1. The second-order valence-electron chi connectivity index (χ2n) is 7.37. The normalized spacial score (nSPS) is 11.7. The van der Waals surface area contributed by atoms with Crippen LogP contribution in [-0.4, -0.2) is 17.8 Å². The number of alkyl halides is 3. The van der Waals surface area contributed by atoms with Gasteiger partial charge in [0.15, 0.2) is 0 Å². The second-order valence-corrected chi connectivity index (χ2v) is 7.37. The first-order valence-electron chi connectivity index (χ1n) is 10.5. The number of hydrogen-bond donors (Lipinski definition) is 0. The standard InChI is InChI=1S/C26H26F3NO/c1-2-3-4-6-20-7-16-25(30-19-20)23-10-8-21(9-11-23)22-12-14-24(15-13-22)31-18-5-17-26(27,28)29/h5,7-17,19H,2-4,6,18H2,1H3/b17-5+. The van der Waals surface area contributed by atoms with Crippen LogP contribution in [-0.2, 0) is 6.42 Å². The molecule has 0 aliphatic carbocycles. The Labute approximate surface area is 181 Å². The van der Waals surface area contributed by atoms with Gasteiger partial charge in [-0.1, -0.05) is 62.2 Å². The lowest BCUT2D eigenvalue weighted by Gasteiger charge is -2.07. The molecule has 0 N–H and O–H groups in total. The van der Waals surface area contributed by atoms with Crippen LogP contribution < -0.4 is 4.74 Å². The number of allylic oxidation sites excluding steroid dienone is 1. The van der Waals surface area contributed by atoms with Crippen LogP contribution in [0.2, 0.25) is 0 Å². The highest BCUT2D eigenvalue weighted by atomic mass is 19.4. The maximum atomic E-state index is 12.1. The average molecular weight is 425 g/mol. The molecule has 0 saturated heterocycles. The zero-order valence-corrected chi connectivity index (χ0v) is 17.5. The summed E-state index contributed by atoms with van der Waals surface area (Å²) in [5.74, 6) is 0.524. The third-order valence-corrected chi connectivity index (χ3v) is 4.92. The minimum Gasteiger partial charge on any atom is -0.490 e. The van der Waals surface area contributed by atoms with E-state index >= 15 is 0 Å². The average Bonchev–Trinajstić information content (AvgIpc) is 2.77. The van der Waals surface area contributed by atoms with E-state index in [9.17, 15) is 13.2 Å². The van der Waals surface area contributed by atoms with Crippen LogP contribution in [0.3, 0.4) is 0 Å². The Morgan fingerprint density at radius 3 is 2.06 bits per heavy atom. The molecule has 0 atom stereocenters. The van der Waals surface area contributed by atoms with Gasteiger partial charge in [-0.3, -0.25) is 4.98 Å². The summed E-state index contributed by atoms with van der Waals surface area (Å²) in [5.41, 5.74) is 5.32. The Bertz CT molecular complexity index is 960. The molecule has 0 fully saturated rings. The number of benzene rings is 2. The fourth-order valence-corrected chi connectivity index (χ4v) is 3.23. The minimum absolute atomic E-state index is 0.127. The Kier molecular flexibility index (Phi) is 7.88. The van der Waals surface area contributed by atoms with E-state index in [-0.39, 0.29) is 12.7 Å². The second kappa shape index (κ2) is 10.8. The van der Waals surface area contributed by atoms with Crippen LogP contribution in [0.25, 0.3) is 22.4 Å². The van der Waals surface area contributed by atoms with Crippen LogP contribution >= 0.6 is 0 Å². The van der Waals surface area contributed by atoms with Gasteiger partial charge in [0.1, 0.15) is 12.4 Å². The van der Waals surface area contributed by atoms with Crippen molar-refractivity contribution >= 4 is 0 Å². The Morgan fingerprint density at radius 1 is 0.839 bits per heavy atom. The summed E-state index contributed by atoms with van der Waals surface area (Å²) in [6.45, 7) is 2.07. The zero-order valence-electron chi connectivity index (χ0n) is 17.5. The molecule has 0 aliphatic rings. The van der Waals surface area contributed by atoms with E-state index in [0.717, 1.165) is 34.9 Å². The lowest BCUT2D eigenvalue weighted by Crippen LogP contribution is -2.02. The Hall–Kier alpha value is -3.08. The molecule has 2 nitrogen and oxygen atoms in total. The van der Waals surface area contributed by atoms with Crippen molar-refractivity contribution in [3.63, 3.8) is 0 Å². The molecular weight excluding hydrogens is 399 g/mol. The third-order valence-electron chi connectivity index (χ3n) is 4.92. The van der Waals surface area contributed by atoms with Crippen molar-refractivity contribution in [1.29, 1.82) is 0 Å². The molecule has 0 saturated carbocycles. The number of pyridine rings is 1. The lowest BCUT2D eigenvalue weighted by molar-refractivity contribution is -0.0801. The van der Waals surface area contributed by atoms with Gasteiger partial charge in [0.25, 0.3) is 0 Å². The predicted molar refractivity (Wildman–Crippen MR) is 119 cm³/mol. The van der Waals surface area contributed by atoms with E-state index in [4.69, 9.17) is 4.74 Å². The molecule has 31 heavy (non-hydrogen) atoms. The van der Waals surface area contributed by atoms with E-state index in [1.165, 1.54) is 24.8 Å². The number of aromatic nitrogens is 1. The van der Waals surface area contributed by atoms with Crippen molar-refractivity contribution < 1.29 is 17.9 Å². The van der Waals surface area contributed by atoms with E-state index in [1.54, 1.807) is 12.1 Å². The molecule has 3 aromatic rings. The van der Waals surface area contributed by atoms with Gasteiger partial charge in [0.05, 0.1) is 5.69 Å². The van der Waals surface area contributed by atoms with Crippen molar-refractivity contribution in [2.75, 3.05) is 6.61 Å². The van der Waals surface area contributed by atoms with Gasteiger partial charge in [0.2, 0.25) is 0 Å². The molecule has 5 heteroatoms. The summed E-state index contributed by atoms with van der Waals surface area (Å²) < 4.78 is 41.6. The number of nitrogens with zero attached hydrogens (tertiary/aromatic N) is 1. The predicted octanol–water partition coefficient (Wildman–Crippen LogP) is 7.65. The van der Waals surface area contributed by atoms with Crippen LogP contribution in [0.5, 0.6) is 5.75 Å². The summed E-state index contributed by atoms with van der Waals surface area (Å²) in [5, 5.41) is 0. The van der Waals surface area contributed by atoms with Gasteiger partial charge in [0, 0.05) is 17.8 Å². The van der Waals surface area contributed by atoms with Crippen molar-refractivity contribution in [3.05, 3.63) is 84.6 Å². The molecule has 0 radical (unpaired) electrons. The number of halogens is 3. The molecule has 0 unspecified atom stereocenters. The largest absolute Gasteiger partial charge is 0.490 e. The maximum absolute atomic E-state index is 12.1.